The van der Waals surface area contributed by atoms with Crippen LogP contribution in [0.1, 0.15) is 38.7 Å². The number of carbonyl (C=O) groups excluding carboxylic acids is 1. The van der Waals surface area contributed by atoms with Crippen LogP contribution in [0.15, 0.2) is 24.3 Å². The highest BCUT2D eigenvalue weighted by atomic mass is 16.2. The molecule has 1 saturated carbocycles. The summed E-state index contributed by atoms with van der Waals surface area (Å²) in [6.07, 6.45) is 3.14. The smallest absolute Gasteiger partial charge is 0.235 e. The van der Waals surface area contributed by atoms with E-state index in [1.165, 1.54) is 5.56 Å². The summed E-state index contributed by atoms with van der Waals surface area (Å²) in [7, 11) is 0. The van der Waals surface area contributed by atoms with Gasteiger partial charge in [-0.05, 0) is 42.3 Å². The number of hydrogen-bond acceptors (Lipinski definition) is 2. The van der Waals surface area contributed by atoms with E-state index in [2.05, 4.69) is 25.2 Å². The molecule has 1 fully saturated rings. The van der Waals surface area contributed by atoms with Gasteiger partial charge in [0.2, 0.25) is 5.91 Å². The molecule has 19 heavy (non-hydrogen) atoms. The van der Waals surface area contributed by atoms with E-state index in [0.29, 0.717) is 12.5 Å². The Balaban J connectivity index is 2.14. The molecule has 3 rings (SSSR count). The van der Waals surface area contributed by atoms with Crippen LogP contribution in [0.4, 0.5) is 5.69 Å². The fourth-order valence-corrected chi connectivity index (χ4v) is 4.14. The van der Waals surface area contributed by atoms with Crippen molar-refractivity contribution in [1.29, 1.82) is 0 Å². The highest BCUT2D eigenvalue weighted by Gasteiger charge is 2.58. The number of nitrogens with two attached hydrogens (primary N) is 1. The Kier molecular flexibility index (Phi) is 2.72. The molecule has 1 heterocycles. The number of nitrogens with one attached hydrogen (secondary N) is 1. The first-order valence-electron chi connectivity index (χ1n) is 7.13. The third-order valence-corrected chi connectivity index (χ3v) is 5.19. The molecule has 1 aromatic rings. The van der Waals surface area contributed by atoms with Gasteiger partial charge >= 0.3 is 0 Å². The molecule has 1 aliphatic heterocycles. The van der Waals surface area contributed by atoms with Crippen LogP contribution < -0.4 is 11.1 Å². The van der Waals surface area contributed by atoms with Crippen LogP contribution in [0.25, 0.3) is 0 Å². The topological polar surface area (TPSA) is 55.1 Å². The van der Waals surface area contributed by atoms with E-state index in [4.69, 9.17) is 5.73 Å². The number of fused-ring (bicyclic) bond motifs is 2. The maximum Gasteiger partial charge on any atom is 0.235 e. The lowest BCUT2D eigenvalue weighted by molar-refractivity contribution is -0.123. The molecule has 3 heteroatoms. The summed E-state index contributed by atoms with van der Waals surface area (Å²) in [6.45, 7) is 5.01. The number of benzene rings is 1. The van der Waals surface area contributed by atoms with Crippen molar-refractivity contribution in [3.8, 4) is 0 Å². The largest absolute Gasteiger partial charge is 0.330 e. The molecule has 102 valence electrons. The molecule has 2 aliphatic rings. The summed E-state index contributed by atoms with van der Waals surface area (Å²) in [5.74, 6) is 0.506. The molecule has 2 atom stereocenters. The molecular formula is C16H22N2O. The van der Waals surface area contributed by atoms with Crippen molar-refractivity contribution < 1.29 is 4.79 Å². The number of para-hydroxylation sites is 1. The fraction of sp³-hybridized carbons (Fsp3) is 0.562. The van der Waals surface area contributed by atoms with Crippen LogP contribution in [0.2, 0.25) is 0 Å². The average molecular weight is 258 g/mol. The molecule has 3 N–H and O–H groups in total. The summed E-state index contributed by atoms with van der Waals surface area (Å²) >= 11 is 0. The second-order valence-electron chi connectivity index (χ2n) is 6.61. The van der Waals surface area contributed by atoms with E-state index in [0.717, 1.165) is 24.9 Å². The van der Waals surface area contributed by atoms with E-state index in [9.17, 15) is 4.79 Å². The van der Waals surface area contributed by atoms with Crippen molar-refractivity contribution in [1.82, 2.24) is 0 Å². The monoisotopic (exact) mass is 258 g/mol. The summed E-state index contributed by atoms with van der Waals surface area (Å²) in [6, 6.07) is 8.13. The zero-order chi connectivity index (χ0) is 13.7. The Morgan fingerprint density at radius 2 is 2.16 bits per heavy atom. The first-order chi connectivity index (χ1) is 9.02. The van der Waals surface area contributed by atoms with Crippen LogP contribution >= 0.6 is 0 Å². The second kappa shape index (κ2) is 4.07. The summed E-state index contributed by atoms with van der Waals surface area (Å²) < 4.78 is 0. The van der Waals surface area contributed by atoms with E-state index in [1.807, 2.05) is 18.2 Å². The Hall–Kier alpha value is -1.35. The van der Waals surface area contributed by atoms with Crippen LogP contribution in [-0.2, 0) is 10.2 Å². The van der Waals surface area contributed by atoms with Gasteiger partial charge in [-0.25, -0.2) is 0 Å². The lowest BCUT2D eigenvalue weighted by Crippen LogP contribution is -2.47. The number of hydrogen-bond donors (Lipinski definition) is 2. The first kappa shape index (κ1) is 12.7. The molecule has 1 aliphatic carbocycles. The third-order valence-electron chi connectivity index (χ3n) is 5.19. The highest BCUT2D eigenvalue weighted by molar-refractivity contribution is 6.06. The van der Waals surface area contributed by atoms with Crippen molar-refractivity contribution >= 4 is 11.6 Å². The van der Waals surface area contributed by atoms with Gasteiger partial charge in [-0.3, -0.25) is 4.79 Å². The van der Waals surface area contributed by atoms with Gasteiger partial charge < -0.3 is 11.1 Å². The number of rotatable bonds is 2. The molecule has 1 spiro atoms. The van der Waals surface area contributed by atoms with Crippen LogP contribution in [-0.4, -0.2) is 12.5 Å². The van der Waals surface area contributed by atoms with Gasteiger partial charge in [0.25, 0.3) is 0 Å². The minimum Gasteiger partial charge on any atom is -0.330 e. The fourth-order valence-electron chi connectivity index (χ4n) is 4.14. The van der Waals surface area contributed by atoms with Gasteiger partial charge in [0.1, 0.15) is 0 Å². The van der Waals surface area contributed by atoms with Crippen LogP contribution in [0, 0.1) is 11.3 Å². The predicted molar refractivity (Wildman–Crippen MR) is 76.9 cm³/mol. The quantitative estimate of drug-likeness (QED) is 0.857. The summed E-state index contributed by atoms with van der Waals surface area (Å²) in [4.78, 5) is 12.7. The van der Waals surface area contributed by atoms with Gasteiger partial charge in [0, 0.05) is 5.69 Å². The van der Waals surface area contributed by atoms with Gasteiger partial charge in [-0.2, -0.15) is 0 Å². The Morgan fingerprint density at radius 3 is 2.89 bits per heavy atom. The molecule has 0 aromatic heterocycles. The molecule has 0 radical (unpaired) electrons. The van der Waals surface area contributed by atoms with Crippen molar-refractivity contribution in [3.63, 3.8) is 0 Å². The molecule has 1 amide bonds. The number of carbonyl (C=O) groups is 1. The maximum absolute atomic E-state index is 12.7. The standard InChI is InChI=1S/C16H22N2O/c1-15(2,10-17)13-8-5-9-16(13)11-6-3-4-7-12(11)18-14(16)19/h3-4,6-7,13H,5,8-10,17H2,1-2H3,(H,18,19). The third kappa shape index (κ3) is 1.57. The maximum atomic E-state index is 12.7. The Labute approximate surface area is 114 Å². The minimum atomic E-state index is -0.348. The van der Waals surface area contributed by atoms with E-state index < -0.39 is 0 Å². The highest BCUT2D eigenvalue weighted by Crippen LogP contribution is 2.57. The summed E-state index contributed by atoms with van der Waals surface area (Å²) in [5.41, 5.74) is 7.79. The summed E-state index contributed by atoms with van der Waals surface area (Å²) in [5, 5.41) is 3.08. The Bertz CT molecular complexity index is 523. The normalized spacial score (nSPS) is 29.6. The zero-order valence-electron chi connectivity index (χ0n) is 11.7. The van der Waals surface area contributed by atoms with Crippen molar-refractivity contribution in [2.75, 3.05) is 11.9 Å². The van der Waals surface area contributed by atoms with Crippen molar-refractivity contribution in [2.24, 2.45) is 17.1 Å². The Morgan fingerprint density at radius 1 is 1.42 bits per heavy atom. The van der Waals surface area contributed by atoms with Gasteiger partial charge in [0.05, 0.1) is 5.41 Å². The predicted octanol–water partition coefficient (Wildman–Crippen LogP) is 2.66. The molecule has 3 nitrogen and oxygen atoms in total. The minimum absolute atomic E-state index is 0.00864. The molecular weight excluding hydrogens is 236 g/mol. The van der Waals surface area contributed by atoms with Gasteiger partial charge in [-0.1, -0.05) is 38.5 Å². The SMILES string of the molecule is CC(C)(CN)C1CCCC12C(=O)Nc1ccccc12. The number of anilines is 1. The second-order valence-corrected chi connectivity index (χ2v) is 6.61. The first-order valence-corrected chi connectivity index (χ1v) is 7.13. The van der Waals surface area contributed by atoms with Crippen molar-refractivity contribution in [3.05, 3.63) is 29.8 Å². The van der Waals surface area contributed by atoms with Crippen molar-refractivity contribution in [2.45, 2.75) is 38.5 Å². The van der Waals surface area contributed by atoms with Gasteiger partial charge in [-0.15, -0.1) is 0 Å². The molecule has 0 bridgehead atoms. The van der Waals surface area contributed by atoms with Crippen LogP contribution in [0.3, 0.4) is 0 Å². The van der Waals surface area contributed by atoms with E-state index in [-0.39, 0.29) is 16.7 Å². The lowest BCUT2D eigenvalue weighted by Gasteiger charge is -2.40. The van der Waals surface area contributed by atoms with E-state index in [1.54, 1.807) is 0 Å². The van der Waals surface area contributed by atoms with Crippen LogP contribution in [0.5, 0.6) is 0 Å². The molecule has 0 saturated heterocycles. The number of amides is 1. The average Bonchev–Trinajstić information content (AvgIpc) is 2.96. The van der Waals surface area contributed by atoms with E-state index >= 15 is 0 Å². The zero-order valence-corrected chi connectivity index (χ0v) is 11.7. The lowest BCUT2D eigenvalue weighted by atomic mass is 9.62. The molecule has 2 unspecified atom stereocenters. The molecule has 1 aromatic carbocycles. The van der Waals surface area contributed by atoms with Gasteiger partial charge in [0.15, 0.2) is 0 Å².